The van der Waals surface area contributed by atoms with E-state index in [1.54, 1.807) is 0 Å². The van der Waals surface area contributed by atoms with Crippen molar-refractivity contribution >= 4 is 15.9 Å². The van der Waals surface area contributed by atoms with Crippen LogP contribution in [0.5, 0.6) is 5.75 Å². The van der Waals surface area contributed by atoms with E-state index in [0.29, 0.717) is 70.2 Å². The quantitative estimate of drug-likeness (QED) is 0.473. The molecule has 1 amide bonds. The number of carbonyl (C=O) groups excluding carboxylic acids is 1. The van der Waals surface area contributed by atoms with E-state index in [2.05, 4.69) is 10.2 Å². The highest BCUT2D eigenvalue weighted by molar-refractivity contribution is 7.89. The topological polar surface area (TPSA) is 79.0 Å². The molecule has 218 valence electrons. The summed E-state index contributed by atoms with van der Waals surface area (Å²) in [4.78, 5) is 14.8. The van der Waals surface area contributed by atoms with E-state index >= 15 is 0 Å². The Labute approximate surface area is 231 Å². The zero-order chi connectivity index (χ0) is 28.5. The molecule has 12 heteroatoms. The summed E-state index contributed by atoms with van der Waals surface area (Å²) < 4.78 is 86.4. The number of fused-ring (bicyclic) bond motifs is 1. The first kappa shape index (κ1) is 28.8. The van der Waals surface area contributed by atoms with E-state index in [9.17, 15) is 30.8 Å². The molecule has 0 radical (unpaired) electrons. The van der Waals surface area contributed by atoms with E-state index in [-0.39, 0.29) is 24.9 Å². The van der Waals surface area contributed by atoms with Gasteiger partial charge in [-0.25, -0.2) is 12.8 Å². The Morgan fingerprint density at radius 1 is 1.02 bits per heavy atom. The highest BCUT2D eigenvalue weighted by Crippen LogP contribution is 2.35. The van der Waals surface area contributed by atoms with Gasteiger partial charge in [0.15, 0.2) is 0 Å². The van der Waals surface area contributed by atoms with Crippen LogP contribution in [-0.4, -0.2) is 62.0 Å². The lowest BCUT2D eigenvalue weighted by atomic mass is 9.98. The lowest BCUT2D eigenvalue weighted by Gasteiger charge is -2.30. The molecule has 0 aromatic heterocycles. The Bertz CT molecular complexity index is 1330. The number of nitrogens with zero attached hydrogens (tertiary/aromatic N) is 2. The predicted molar refractivity (Wildman–Crippen MR) is 140 cm³/mol. The number of hydrogen-bond donors (Lipinski definition) is 1. The fourth-order valence-electron chi connectivity index (χ4n) is 5.77. The third kappa shape index (κ3) is 6.44. The van der Waals surface area contributed by atoms with Crippen LogP contribution in [0.3, 0.4) is 0 Å². The van der Waals surface area contributed by atoms with Crippen LogP contribution in [0, 0.1) is 0 Å². The molecular formula is C28H33F4N3O4S. The van der Waals surface area contributed by atoms with Crippen molar-refractivity contribution in [3.05, 3.63) is 59.2 Å². The molecule has 3 aliphatic heterocycles. The first-order chi connectivity index (χ1) is 19.0. The summed E-state index contributed by atoms with van der Waals surface area (Å²) >= 11 is 0. The van der Waals surface area contributed by atoms with Gasteiger partial charge in [0.1, 0.15) is 11.9 Å². The Morgan fingerprint density at radius 3 is 2.55 bits per heavy atom. The zero-order valence-electron chi connectivity index (χ0n) is 22.0. The number of likely N-dealkylation sites (tertiary alicyclic amines) is 1. The second-order valence-corrected chi connectivity index (χ2v) is 12.6. The van der Waals surface area contributed by atoms with Crippen LogP contribution in [0.1, 0.15) is 61.3 Å². The molecule has 0 bridgehead atoms. The Kier molecular flexibility index (Phi) is 8.40. The molecule has 0 saturated carbocycles. The standard InChI is InChI=1S/C28H33F4N3O4S/c29-21-8-12-34(13-9-21)18-19-6-7-24-25(10-14-39-26(24)15-19)33-27(36)17-22-4-2-11-35(22)40(37,38)23-5-1-3-20(16-23)28(30,31)32/h1,3,5-7,15-16,21-22,25H,2,4,8-14,17-18H2,(H,33,36). The molecule has 2 unspecified atom stereocenters. The van der Waals surface area contributed by atoms with Crippen molar-refractivity contribution in [2.45, 2.75) is 74.4 Å². The average molecular weight is 584 g/mol. The molecule has 2 aromatic carbocycles. The van der Waals surface area contributed by atoms with Gasteiger partial charge in [-0.1, -0.05) is 18.2 Å². The first-order valence-electron chi connectivity index (χ1n) is 13.6. The number of rotatable bonds is 7. The number of sulfonamides is 1. The number of alkyl halides is 4. The van der Waals surface area contributed by atoms with Crippen molar-refractivity contribution in [3.63, 3.8) is 0 Å². The molecule has 0 aliphatic carbocycles. The molecular weight excluding hydrogens is 550 g/mol. The molecule has 2 aromatic rings. The van der Waals surface area contributed by atoms with Gasteiger partial charge in [-0.2, -0.15) is 17.5 Å². The Hall–Kier alpha value is -2.70. The minimum absolute atomic E-state index is 0.0898. The second-order valence-electron chi connectivity index (χ2n) is 10.7. The van der Waals surface area contributed by atoms with Crippen LogP contribution in [0.2, 0.25) is 0 Å². The van der Waals surface area contributed by atoms with Crippen LogP contribution >= 0.6 is 0 Å². The van der Waals surface area contributed by atoms with E-state index in [1.807, 2.05) is 18.2 Å². The molecule has 2 fully saturated rings. The third-order valence-electron chi connectivity index (χ3n) is 7.89. The number of hydrogen-bond acceptors (Lipinski definition) is 5. The van der Waals surface area contributed by atoms with Gasteiger partial charge < -0.3 is 10.1 Å². The first-order valence-corrected chi connectivity index (χ1v) is 15.1. The van der Waals surface area contributed by atoms with Crippen LogP contribution in [-0.2, 0) is 27.5 Å². The molecule has 3 heterocycles. The van der Waals surface area contributed by atoms with Gasteiger partial charge in [-0.3, -0.25) is 9.69 Å². The summed E-state index contributed by atoms with van der Waals surface area (Å²) in [6, 6.07) is 8.61. The number of piperidine rings is 1. The Morgan fingerprint density at radius 2 is 1.80 bits per heavy atom. The lowest BCUT2D eigenvalue weighted by molar-refractivity contribution is -0.137. The summed E-state index contributed by atoms with van der Waals surface area (Å²) in [5.41, 5.74) is 0.850. The van der Waals surface area contributed by atoms with Gasteiger partial charge >= 0.3 is 6.18 Å². The number of ether oxygens (including phenoxy) is 1. The van der Waals surface area contributed by atoms with E-state index in [1.165, 1.54) is 0 Å². The maximum atomic E-state index is 13.5. The van der Waals surface area contributed by atoms with Crippen molar-refractivity contribution in [2.24, 2.45) is 0 Å². The summed E-state index contributed by atoms with van der Waals surface area (Å²) in [6.07, 6.45) is -2.90. The smallest absolute Gasteiger partial charge is 0.416 e. The van der Waals surface area contributed by atoms with Gasteiger partial charge in [0.2, 0.25) is 15.9 Å². The van der Waals surface area contributed by atoms with Crippen LogP contribution in [0.15, 0.2) is 47.4 Å². The van der Waals surface area contributed by atoms with Gasteiger partial charge in [-0.05, 0) is 55.5 Å². The molecule has 2 atom stereocenters. The minimum atomic E-state index is -4.66. The van der Waals surface area contributed by atoms with Gasteiger partial charge in [0, 0.05) is 50.6 Å². The van der Waals surface area contributed by atoms with Crippen LogP contribution in [0.25, 0.3) is 0 Å². The normalized spacial score (nSPS) is 23.0. The Balaban J connectivity index is 1.23. The maximum Gasteiger partial charge on any atom is 0.416 e. The lowest BCUT2D eigenvalue weighted by Crippen LogP contribution is -2.40. The number of carbonyl (C=O) groups is 1. The van der Waals surface area contributed by atoms with Crippen LogP contribution < -0.4 is 10.1 Å². The summed E-state index contributed by atoms with van der Waals surface area (Å²) in [7, 11) is -4.21. The highest BCUT2D eigenvalue weighted by Gasteiger charge is 2.38. The van der Waals surface area contributed by atoms with Gasteiger partial charge in [0.05, 0.1) is 23.1 Å². The van der Waals surface area contributed by atoms with E-state index < -0.39 is 38.9 Å². The zero-order valence-corrected chi connectivity index (χ0v) is 22.8. The molecule has 7 nitrogen and oxygen atoms in total. The van der Waals surface area contributed by atoms with Crippen molar-refractivity contribution in [2.75, 3.05) is 26.2 Å². The van der Waals surface area contributed by atoms with Gasteiger partial charge in [-0.15, -0.1) is 0 Å². The fraction of sp³-hybridized carbons (Fsp3) is 0.536. The van der Waals surface area contributed by atoms with E-state index in [0.717, 1.165) is 33.6 Å². The second kappa shape index (κ2) is 11.7. The molecule has 1 N–H and O–H groups in total. The number of nitrogens with one attached hydrogen (secondary N) is 1. The number of amides is 1. The fourth-order valence-corrected chi connectivity index (χ4v) is 7.50. The molecule has 0 spiro atoms. The van der Waals surface area contributed by atoms with Crippen molar-refractivity contribution in [1.82, 2.24) is 14.5 Å². The largest absolute Gasteiger partial charge is 0.493 e. The molecule has 2 saturated heterocycles. The van der Waals surface area contributed by atoms with Crippen LogP contribution in [0.4, 0.5) is 17.6 Å². The molecule has 3 aliphatic rings. The SMILES string of the molecule is O=C(CC1CCCN1S(=O)(=O)c1cccc(C(F)(F)F)c1)NC1CCOc2cc(CN3CCC(F)CC3)ccc21. The number of benzene rings is 2. The summed E-state index contributed by atoms with van der Waals surface area (Å²) in [5, 5.41) is 3.01. The highest BCUT2D eigenvalue weighted by atomic mass is 32.2. The third-order valence-corrected chi connectivity index (χ3v) is 9.84. The van der Waals surface area contributed by atoms with E-state index in [4.69, 9.17) is 4.74 Å². The summed E-state index contributed by atoms with van der Waals surface area (Å²) in [6.45, 7) is 2.66. The van der Waals surface area contributed by atoms with Crippen molar-refractivity contribution in [3.8, 4) is 5.75 Å². The number of halogens is 4. The monoisotopic (exact) mass is 583 g/mol. The molecule has 5 rings (SSSR count). The van der Waals surface area contributed by atoms with Crippen molar-refractivity contribution < 1.29 is 35.5 Å². The molecule has 40 heavy (non-hydrogen) atoms. The predicted octanol–water partition coefficient (Wildman–Crippen LogP) is 4.82. The minimum Gasteiger partial charge on any atom is -0.493 e. The average Bonchev–Trinajstić information content (AvgIpc) is 3.38. The maximum absolute atomic E-state index is 13.5. The summed E-state index contributed by atoms with van der Waals surface area (Å²) in [5.74, 6) is 0.358. The van der Waals surface area contributed by atoms with Crippen molar-refractivity contribution in [1.29, 1.82) is 0 Å². The van der Waals surface area contributed by atoms with Gasteiger partial charge in [0.25, 0.3) is 0 Å².